The topological polar surface area (TPSA) is 61.0 Å². The third-order valence-electron chi connectivity index (χ3n) is 3.20. The van der Waals surface area contributed by atoms with E-state index in [9.17, 15) is 0 Å². The van der Waals surface area contributed by atoms with Gasteiger partial charge in [-0.15, -0.1) is 0 Å². The number of hydrogen-bond acceptors (Lipinski definition) is 4. The van der Waals surface area contributed by atoms with Crippen LogP contribution in [-0.2, 0) is 19.4 Å². The van der Waals surface area contributed by atoms with Gasteiger partial charge in [-0.1, -0.05) is 11.6 Å². The number of ether oxygens (including phenoxy) is 1. The molecule has 1 aliphatic rings. The van der Waals surface area contributed by atoms with Gasteiger partial charge in [-0.3, -0.25) is 4.98 Å². The van der Waals surface area contributed by atoms with E-state index in [2.05, 4.69) is 16.0 Å². The fourth-order valence-electron chi connectivity index (χ4n) is 2.30. The minimum Gasteiger partial charge on any atom is -0.437 e. The zero-order valence-electron chi connectivity index (χ0n) is 10.4. The monoisotopic (exact) mass is 275 g/mol. The van der Waals surface area contributed by atoms with Crippen LogP contribution in [0.4, 0.5) is 0 Å². The summed E-state index contributed by atoms with van der Waals surface area (Å²) in [5.74, 6) is 1.14. The maximum absolute atomic E-state index is 5.89. The van der Waals surface area contributed by atoms with Crippen LogP contribution in [0, 0.1) is 0 Å². The van der Waals surface area contributed by atoms with Crippen LogP contribution in [-0.4, -0.2) is 9.97 Å². The molecule has 98 valence electrons. The Morgan fingerprint density at radius 3 is 2.95 bits per heavy atom. The van der Waals surface area contributed by atoms with Crippen molar-refractivity contribution in [3.05, 3.63) is 46.4 Å². The van der Waals surface area contributed by atoms with E-state index in [4.69, 9.17) is 22.1 Å². The molecule has 3 rings (SSSR count). The summed E-state index contributed by atoms with van der Waals surface area (Å²) in [6, 6.07) is 3.81. The van der Waals surface area contributed by atoms with Crippen molar-refractivity contribution in [3.63, 3.8) is 0 Å². The molecule has 2 heterocycles. The van der Waals surface area contributed by atoms with Crippen molar-refractivity contribution in [1.82, 2.24) is 9.97 Å². The van der Waals surface area contributed by atoms with Gasteiger partial charge >= 0.3 is 0 Å². The number of nitrogens with zero attached hydrogens (tertiary/aromatic N) is 2. The zero-order valence-corrected chi connectivity index (χ0v) is 11.2. The van der Waals surface area contributed by atoms with Gasteiger partial charge in [-0.25, -0.2) is 4.98 Å². The van der Waals surface area contributed by atoms with E-state index in [1.807, 2.05) is 0 Å². The Bertz CT molecular complexity index is 616. The van der Waals surface area contributed by atoms with E-state index >= 15 is 0 Å². The lowest BCUT2D eigenvalue weighted by Crippen LogP contribution is -2.04. The van der Waals surface area contributed by atoms with Gasteiger partial charge in [0.2, 0.25) is 5.88 Å². The number of fused-ring (bicyclic) bond motifs is 1. The van der Waals surface area contributed by atoms with E-state index in [1.165, 1.54) is 5.56 Å². The highest BCUT2D eigenvalue weighted by Crippen LogP contribution is 2.29. The molecule has 0 aliphatic heterocycles. The summed E-state index contributed by atoms with van der Waals surface area (Å²) in [7, 11) is 0. The summed E-state index contributed by atoms with van der Waals surface area (Å²) in [6.45, 7) is 0.406. The molecule has 5 heteroatoms. The number of aryl methyl sites for hydroxylation is 2. The second-order valence-corrected chi connectivity index (χ2v) is 4.99. The molecule has 1 aliphatic carbocycles. The minimum atomic E-state index is 0.406. The normalized spacial score (nSPS) is 13.4. The molecule has 0 atom stereocenters. The minimum absolute atomic E-state index is 0.406. The molecule has 0 saturated heterocycles. The first-order chi connectivity index (χ1) is 9.26. The third kappa shape index (κ3) is 2.55. The Kier molecular flexibility index (Phi) is 3.36. The third-order valence-corrected chi connectivity index (χ3v) is 3.41. The molecule has 2 aromatic heterocycles. The number of rotatable bonds is 3. The van der Waals surface area contributed by atoms with Gasteiger partial charge in [-0.05, 0) is 30.9 Å². The molecule has 0 unspecified atom stereocenters. The summed E-state index contributed by atoms with van der Waals surface area (Å²) in [4.78, 5) is 8.57. The smallest absolute Gasteiger partial charge is 0.224 e. The summed E-state index contributed by atoms with van der Waals surface area (Å²) in [5, 5.41) is 0.535. The van der Waals surface area contributed by atoms with Gasteiger partial charge in [0.25, 0.3) is 0 Å². The largest absolute Gasteiger partial charge is 0.437 e. The van der Waals surface area contributed by atoms with Crippen LogP contribution < -0.4 is 10.5 Å². The lowest BCUT2D eigenvalue weighted by Gasteiger charge is -2.11. The van der Waals surface area contributed by atoms with Gasteiger partial charge in [0.15, 0.2) is 0 Å². The van der Waals surface area contributed by atoms with E-state index in [1.54, 1.807) is 18.5 Å². The molecule has 2 N–H and O–H groups in total. The van der Waals surface area contributed by atoms with E-state index in [0.29, 0.717) is 23.2 Å². The molecule has 0 spiro atoms. The lowest BCUT2D eigenvalue weighted by molar-refractivity contribution is 0.452. The Balaban J connectivity index is 1.96. The Morgan fingerprint density at radius 2 is 2.16 bits per heavy atom. The first kappa shape index (κ1) is 12.4. The summed E-state index contributed by atoms with van der Waals surface area (Å²) in [6.07, 6.45) is 6.41. The number of nitrogens with two attached hydrogens (primary N) is 1. The van der Waals surface area contributed by atoms with Crippen molar-refractivity contribution < 1.29 is 4.74 Å². The van der Waals surface area contributed by atoms with Gasteiger partial charge < -0.3 is 10.5 Å². The summed E-state index contributed by atoms with van der Waals surface area (Å²) in [5.41, 5.74) is 9.09. The second kappa shape index (κ2) is 5.15. The molecule has 0 saturated carbocycles. The second-order valence-electron chi connectivity index (χ2n) is 4.56. The standard InChI is InChI=1S/C14H14ClN3O/c15-11-5-12(8-17-7-11)19-14-10(6-16)4-9-2-1-3-13(9)18-14/h4-5,7-8H,1-3,6,16H2. The first-order valence-electron chi connectivity index (χ1n) is 6.26. The van der Waals surface area contributed by atoms with Crippen LogP contribution in [0.5, 0.6) is 11.6 Å². The fourth-order valence-corrected chi connectivity index (χ4v) is 2.46. The molecule has 0 radical (unpaired) electrons. The van der Waals surface area contributed by atoms with Crippen LogP contribution >= 0.6 is 11.6 Å². The first-order valence-corrected chi connectivity index (χ1v) is 6.64. The van der Waals surface area contributed by atoms with Crippen molar-refractivity contribution in [2.75, 3.05) is 0 Å². The molecular weight excluding hydrogens is 262 g/mol. The van der Waals surface area contributed by atoms with Crippen molar-refractivity contribution >= 4 is 11.6 Å². The van der Waals surface area contributed by atoms with Gasteiger partial charge in [-0.2, -0.15) is 0 Å². The van der Waals surface area contributed by atoms with Crippen LogP contribution in [0.3, 0.4) is 0 Å². The predicted molar refractivity (Wildman–Crippen MR) is 73.5 cm³/mol. The molecule has 0 amide bonds. The quantitative estimate of drug-likeness (QED) is 0.936. The Labute approximate surface area is 116 Å². The van der Waals surface area contributed by atoms with E-state index in [0.717, 1.165) is 30.5 Å². The molecule has 0 fully saturated rings. The van der Waals surface area contributed by atoms with Crippen molar-refractivity contribution in [3.8, 4) is 11.6 Å². The Hall–Kier alpha value is -1.65. The maximum atomic E-state index is 5.89. The number of halogens is 1. The molecule has 0 aromatic carbocycles. The number of pyridine rings is 2. The predicted octanol–water partition coefficient (Wildman–Crippen LogP) is 2.87. The lowest BCUT2D eigenvalue weighted by atomic mass is 10.1. The van der Waals surface area contributed by atoms with E-state index in [-0.39, 0.29) is 0 Å². The van der Waals surface area contributed by atoms with Gasteiger partial charge in [0.05, 0.1) is 11.2 Å². The van der Waals surface area contributed by atoms with Gasteiger partial charge in [0.1, 0.15) is 5.75 Å². The van der Waals surface area contributed by atoms with Gasteiger partial charge in [0, 0.05) is 30.1 Å². The molecular formula is C14H14ClN3O. The molecule has 0 bridgehead atoms. The highest BCUT2D eigenvalue weighted by atomic mass is 35.5. The average molecular weight is 276 g/mol. The molecule has 19 heavy (non-hydrogen) atoms. The molecule has 4 nitrogen and oxygen atoms in total. The van der Waals surface area contributed by atoms with Crippen LogP contribution in [0.2, 0.25) is 5.02 Å². The zero-order chi connectivity index (χ0) is 13.2. The highest BCUT2D eigenvalue weighted by molar-refractivity contribution is 6.30. The van der Waals surface area contributed by atoms with Crippen LogP contribution in [0.1, 0.15) is 23.2 Å². The van der Waals surface area contributed by atoms with Crippen molar-refractivity contribution in [2.24, 2.45) is 5.73 Å². The van der Waals surface area contributed by atoms with E-state index < -0.39 is 0 Å². The molecule has 2 aromatic rings. The summed E-state index contributed by atoms with van der Waals surface area (Å²) >= 11 is 5.89. The van der Waals surface area contributed by atoms with Crippen LogP contribution in [0.25, 0.3) is 0 Å². The fraction of sp³-hybridized carbons (Fsp3) is 0.286. The van der Waals surface area contributed by atoms with Crippen molar-refractivity contribution in [2.45, 2.75) is 25.8 Å². The number of hydrogen-bond donors (Lipinski definition) is 1. The number of aromatic nitrogens is 2. The average Bonchev–Trinajstić information content (AvgIpc) is 2.85. The highest BCUT2D eigenvalue weighted by Gasteiger charge is 2.17. The summed E-state index contributed by atoms with van der Waals surface area (Å²) < 4.78 is 5.77. The SMILES string of the molecule is NCc1cc2c(nc1Oc1cncc(Cl)c1)CCC2. The Morgan fingerprint density at radius 1 is 1.26 bits per heavy atom. The van der Waals surface area contributed by atoms with Crippen LogP contribution in [0.15, 0.2) is 24.5 Å². The van der Waals surface area contributed by atoms with Crippen molar-refractivity contribution in [1.29, 1.82) is 0 Å². The maximum Gasteiger partial charge on any atom is 0.224 e.